The van der Waals surface area contributed by atoms with Gasteiger partial charge in [-0.15, -0.1) is 5.10 Å². The van der Waals surface area contributed by atoms with Gasteiger partial charge >= 0.3 is 0 Å². The Kier molecular flexibility index (Phi) is 8.50. The summed E-state index contributed by atoms with van der Waals surface area (Å²) in [5, 5.41) is 25.0. The van der Waals surface area contributed by atoms with E-state index in [2.05, 4.69) is 64.9 Å². The number of nitrogens with zero attached hydrogens (tertiary/aromatic N) is 3. The van der Waals surface area contributed by atoms with Crippen molar-refractivity contribution in [3.8, 4) is 22.8 Å². The first-order valence-corrected chi connectivity index (χ1v) is 16.7. The molecule has 0 amide bonds. The Morgan fingerprint density at radius 2 is 1.30 bits per heavy atom. The van der Waals surface area contributed by atoms with Gasteiger partial charge < -0.3 is 24.1 Å². The highest BCUT2D eigenvalue weighted by Crippen LogP contribution is 2.43. The van der Waals surface area contributed by atoms with Crippen LogP contribution in [0.3, 0.4) is 0 Å². The number of hydrogen-bond acceptors (Lipinski definition) is 7. The van der Waals surface area contributed by atoms with E-state index in [-0.39, 0.29) is 6.61 Å². The Balaban J connectivity index is 1.10. The molecule has 0 saturated carbocycles. The maximum Gasteiger partial charge on any atom is 0.155 e. The molecule has 0 bridgehead atoms. The predicted molar refractivity (Wildman–Crippen MR) is 193 cm³/mol. The monoisotopic (exact) mass is 663 g/mol. The first-order valence-electron chi connectivity index (χ1n) is 16.7. The molecule has 8 heteroatoms. The van der Waals surface area contributed by atoms with Crippen LogP contribution in [-0.4, -0.2) is 53.1 Å². The minimum atomic E-state index is -1.03. The van der Waals surface area contributed by atoms with Crippen molar-refractivity contribution in [2.75, 3.05) is 20.8 Å². The van der Waals surface area contributed by atoms with Crippen molar-refractivity contribution in [1.82, 2.24) is 15.0 Å². The van der Waals surface area contributed by atoms with Gasteiger partial charge in [0.15, 0.2) is 6.23 Å². The van der Waals surface area contributed by atoms with Crippen LogP contribution in [0.2, 0.25) is 0 Å². The topological polar surface area (TPSA) is 87.9 Å². The molecule has 2 heterocycles. The maximum absolute atomic E-state index is 11.3. The van der Waals surface area contributed by atoms with E-state index in [1.165, 1.54) is 5.39 Å². The Morgan fingerprint density at radius 1 is 0.720 bits per heavy atom. The second-order valence-electron chi connectivity index (χ2n) is 12.5. The lowest BCUT2D eigenvalue weighted by molar-refractivity contribution is -0.0959. The number of benzene rings is 6. The molecule has 250 valence electrons. The summed E-state index contributed by atoms with van der Waals surface area (Å²) in [7, 11) is 3.30. The number of aliphatic hydroxyl groups is 1. The first-order chi connectivity index (χ1) is 24.6. The van der Waals surface area contributed by atoms with E-state index < -0.39 is 24.0 Å². The number of fused-ring (bicyclic) bond motifs is 3. The third kappa shape index (κ3) is 5.67. The van der Waals surface area contributed by atoms with E-state index in [0.717, 1.165) is 55.6 Å². The van der Waals surface area contributed by atoms with Crippen LogP contribution in [-0.2, 0) is 15.1 Å². The van der Waals surface area contributed by atoms with E-state index >= 15 is 0 Å². The summed E-state index contributed by atoms with van der Waals surface area (Å²) < 4.78 is 26.2. The predicted octanol–water partition coefficient (Wildman–Crippen LogP) is 7.93. The molecule has 3 atom stereocenters. The van der Waals surface area contributed by atoms with E-state index in [9.17, 15) is 5.11 Å². The molecule has 0 aliphatic carbocycles. The van der Waals surface area contributed by atoms with Gasteiger partial charge in [-0.3, -0.25) is 0 Å². The molecule has 1 fully saturated rings. The zero-order valence-electron chi connectivity index (χ0n) is 27.8. The van der Waals surface area contributed by atoms with E-state index in [1.54, 1.807) is 18.9 Å². The SMILES string of the molecule is COc1ccc(C(OC[C@H]2O[C@@H](n3cc(-c4cc5ccccc5c5ccccc45)nn3)C[C@@H]2O)(c2ccccc2)c2ccc(OC)cc2)cc1. The highest BCUT2D eigenvalue weighted by atomic mass is 16.6. The largest absolute Gasteiger partial charge is 0.497 e. The van der Waals surface area contributed by atoms with Crippen LogP contribution in [0, 0.1) is 0 Å². The average Bonchev–Trinajstić information content (AvgIpc) is 3.82. The fourth-order valence-electron chi connectivity index (χ4n) is 7.12. The first kappa shape index (κ1) is 31.7. The highest BCUT2D eigenvalue weighted by molar-refractivity contribution is 6.13. The van der Waals surface area contributed by atoms with Crippen molar-refractivity contribution in [3.63, 3.8) is 0 Å². The zero-order valence-corrected chi connectivity index (χ0v) is 27.8. The molecule has 1 aliphatic rings. The molecule has 1 aliphatic heterocycles. The van der Waals surface area contributed by atoms with E-state index in [4.69, 9.17) is 18.9 Å². The summed E-state index contributed by atoms with van der Waals surface area (Å²) in [5.41, 5.74) is 3.45. The summed E-state index contributed by atoms with van der Waals surface area (Å²) in [6.45, 7) is 0.113. The van der Waals surface area contributed by atoms with Crippen molar-refractivity contribution in [2.45, 2.75) is 30.5 Å². The van der Waals surface area contributed by atoms with Gasteiger partial charge in [-0.05, 0) is 68.6 Å². The molecule has 7 aromatic rings. The second kappa shape index (κ2) is 13.4. The van der Waals surface area contributed by atoms with Crippen LogP contribution < -0.4 is 9.47 Å². The molecule has 1 N–H and O–H groups in total. The molecular weight excluding hydrogens is 626 g/mol. The fraction of sp³-hybridized carbons (Fsp3) is 0.190. The zero-order chi connectivity index (χ0) is 34.1. The number of methoxy groups -OCH3 is 2. The third-order valence-corrected chi connectivity index (χ3v) is 9.69. The van der Waals surface area contributed by atoms with Crippen molar-refractivity contribution < 1.29 is 24.1 Å². The number of aliphatic hydroxyl groups excluding tert-OH is 1. The fourth-order valence-corrected chi connectivity index (χ4v) is 7.12. The lowest BCUT2D eigenvalue weighted by Gasteiger charge is -2.37. The van der Waals surface area contributed by atoms with Crippen molar-refractivity contribution in [3.05, 3.63) is 156 Å². The number of ether oxygens (including phenoxy) is 4. The second-order valence-corrected chi connectivity index (χ2v) is 12.5. The summed E-state index contributed by atoms with van der Waals surface area (Å²) >= 11 is 0. The van der Waals surface area contributed by atoms with Gasteiger partial charge in [-0.2, -0.15) is 0 Å². The van der Waals surface area contributed by atoms with Crippen molar-refractivity contribution >= 4 is 21.5 Å². The van der Waals surface area contributed by atoms with Gasteiger partial charge in [0.2, 0.25) is 0 Å². The minimum Gasteiger partial charge on any atom is -0.497 e. The third-order valence-electron chi connectivity index (χ3n) is 9.69. The molecule has 1 saturated heterocycles. The van der Waals surface area contributed by atoms with Crippen LogP contribution in [0.4, 0.5) is 0 Å². The van der Waals surface area contributed by atoms with E-state index in [1.807, 2.05) is 85.1 Å². The standard InChI is InChI=1S/C42H37N3O5/c1-47-32-20-16-30(17-21-32)42(29-11-4-3-5-12-29,31-18-22-33(48-2)23-19-31)49-27-40-39(46)25-41(50-40)45-26-38(43-44-45)37-24-28-10-6-7-13-34(28)35-14-8-9-15-36(35)37/h3-24,26,39-41,46H,25,27H2,1-2H3/t39-,40+,41+/m0/s1. The van der Waals surface area contributed by atoms with E-state index in [0.29, 0.717) is 6.42 Å². The van der Waals surface area contributed by atoms with Crippen LogP contribution in [0.15, 0.2) is 140 Å². The van der Waals surface area contributed by atoms with Gasteiger partial charge in [0.25, 0.3) is 0 Å². The van der Waals surface area contributed by atoms with Crippen molar-refractivity contribution in [2.24, 2.45) is 0 Å². The lowest BCUT2D eigenvalue weighted by Crippen LogP contribution is -2.38. The van der Waals surface area contributed by atoms with Gasteiger partial charge in [-0.25, -0.2) is 4.68 Å². The van der Waals surface area contributed by atoms with Crippen LogP contribution in [0.1, 0.15) is 29.3 Å². The van der Waals surface area contributed by atoms with Gasteiger partial charge in [-0.1, -0.05) is 108 Å². The van der Waals surface area contributed by atoms with Gasteiger partial charge in [0.05, 0.1) is 33.1 Å². The molecule has 8 nitrogen and oxygen atoms in total. The molecule has 0 unspecified atom stereocenters. The quantitative estimate of drug-likeness (QED) is 0.118. The number of hydrogen-bond donors (Lipinski definition) is 1. The van der Waals surface area contributed by atoms with Gasteiger partial charge in [0.1, 0.15) is 28.9 Å². The summed E-state index contributed by atoms with van der Waals surface area (Å²) in [5.74, 6) is 1.48. The minimum absolute atomic E-state index is 0.113. The highest BCUT2D eigenvalue weighted by Gasteiger charge is 2.42. The number of aromatic nitrogens is 3. The molecule has 1 aromatic heterocycles. The number of rotatable bonds is 10. The lowest BCUT2D eigenvalue weighted by atomic mass is 9.80. The summed E-state index contributed by atoms with van der Waals surface area (Å²) in [6.07, 6.45) is 0.335. The molecule has 0 spiro atoms. The average molecular weight is 664 g/mol. The molecule has 50 heavy (non-hydrogen) atoms. The molecule has 8 rings (SSSR count). The Bertz CT molecular complexity index is 2190. The Hall–Kier alpha value is -5.54. The van der Waals surface area contributed by atoms with Crippen LogP contribution >= 0.6 is 0 Å². The Labute approximate surface area is 290 Å². The smallest absolute Gasteiger partial charge is 0.155 e. The summed E-state index contributed by atoms with van der Waals surface area (Å²) in [4.78, 5) is 0. The maximum atomic E-state index is 11.3. The molecule has 0 radical (unpaired) electrons. The van der Waals surface area contributed by atoms with Gasteiger partial charge in [0, 0.05) is 12.0 Å². The molecule has 6 aromatic carbocycles. The summed E-state index contributed by atoms with van der Waals surface area (Å²) in [6, 6.07) is 44.7. The van der Waals surface area contributed by atoms with Crippen molar-refractivity contribution in [1.29, 1.82) is 0 Å². The van der Waals surface area contributed by atoms with Crippen LogP contribution in [0.5, 0.6) is 11.5 Å². The Morgan fingerprint density at radius 3 is 1.96 bits per heavy atom. The van der Waals surface area contributed by atoms with Crippen LogP contribution in [0.25, 0.3) is 32.8 Å². The molecular formula is C42H37N3O5. The normalized spacial score (nSPS) is 17.7.